The van der Waals surface area contributed by atoms with Crippen LogP contribution in [-0.2, 0) is 6.54 Å². The molecule has 0 bridgehead atoms. The van der Waals surface area contributed by atoms with E-state index in [1.807, 2.05) is 54.1 Å². The van der Waals surface area contributed by atoms with Gasteiger partial charge in [-0.2, -0.15) is 0 Å². The van der Waals surface area contributed by atoms with E-state index in [4.69, 9.17) is 0 Å². The van der Waals surface area contributed by atoms with Crippen molar-refractivity contribution in [2.75, 3.05) is 13.1 Å². The molecule has 150 valence electrons. The number of hydrogen-bond donors (Lipinski definition) is 1. The van der Waals surface area contributed by atoms with E-state index in [-0.39, 0.29) is 11.9 Å². The minimum Gasteiger partial charge on any atom is -0.346 e. The van der Waals surface area contributed by atoms with Crippen LogP contribution in [0.1, 0.15) is 53.7 Å². The zero-order chi connectivity index (χ0) is 20.1. The molecule has 0 saturated carbocycles. The molecule has 1 fully saturated rings. The number of carbonyl (C=O) groups is 1. The van der Waals surface area contributed by atoms with Gasteiger partial charge in [0.25, 0.3) is 5.91 Å². The van der Waals surface area contributed by atoms with Crippen molar-refractivity contribution in [1.82, 2.24) is 19.8 Å². The Hall–Kier alpha value is -2.92. The van der Waals surface area contributed by atoms with Crippen LogP contribution in [0, 0.1) is 0 Å². The summed E-state index contributed by atoms with van der Waals surface area (Å²) in [6.07, 6.45) is 9.38. The molecule has 1 atom stereocenters. The van der Waals surface area contributed by atoms with Crippen LogP contribution in [0.15, 0.2) is 67.3 Å². The Morgan fingerprint density at radius 3 is 2.41 bits per heavy atom. The van der Waals surface area contributed by atoms with E-state index < -0.39 is 0 Å². The predicted octanol–water partition coefficient (Wildman–Crippen LogP) is 4.35. The van der Waals surface area contributed by atoms with Gasteiger partial charge in [-0.25, -0.2) is 4.98 Å². The van der Waals surface area contributed by atoms with E-state index in [0.29, 0.717) is 5.56 Å². The van der Waals surface area contributed by atoms with Gasteiger partial charge in [0.05, 0.1) is 12.4 Å². The number of hydrogen-bond acceptors (Lipinski definition) is 3. The Kier molecular flexibility index (Phi) is 6.06. The van der Waals surface area contributed by atoms with E-state index in [1.165, 1.54) is 37.9 Å². The summed E-state index contributed by atoms with van der Waals surface area (Å²) < 4.78 is 1.96. The summed E-state index contributed by atoms with van der Waals surface area (Å²) in [6.45, 7) is 5.34. The number of aromatic nitrogens is 2. The highest BCUT2D eigenvalue weighted by molar-refractivity contribution is 5.94. The van der Waals surface area contributed by atoms with Gasteiger partial charge in [0.15, 0.2) is 0 Å². The SMILES string of the molecule is C[C@H](NC(=O)c1ccc(CN2CCCCC2)cc1)c1ccc(-n2ccnc2)cc1. The first-order valence-corrected chi connectivity index (χ1v) is 10.4. The second kappa shape index (κ2) is 9.05. The van der Waals surface area contributed by atoms with Gasteiger partial charge >= 0.3 is 0 Å². The summed E-state index contributed by atoms with van der Waals surface area (Å²) in [6, 6.07) is 16.1. The van der Waals surface area contributed by atoms with Gasteiger partial charge in [0, 0.05) is 30.2 Å². The van der Waals surface area contributed by atoms with Crippen molar-refractivity contribution in [2.45, 2.75) is 38.8 Å². The molecule has 2 heterocycles. The Balaban J connectivity index is 1.34. The molecule has 5 heteroatoms. The fraction of sp³-hybridized carbons (Fsp3) is 0.333. The van der Waals surface area contributed by atoms with E-state index in [1.54, 1.807) is 12.5 Å². The quantitative estimate of drug-likeness (QED) is 0.683. The molecular formula is C24H28N4O. The smallest absolute Gasteiger partial charge is 0.251 e. The van der Waals surface area contributed by atoms with Crippen molar-refractivity contribution in [2.24, 2.45) is 0 Å². The molecular weight excluding hydrogens is 360 g/mol. The van der Waals surface area contributed by atoms with Crippen molar-refractivity contribution in [3.63, 3.8) is 0 Å². The second-order valence-electron chi connectivity index (χ2n) is 7.79. The Morgan fingerprint density at radius 1 is 1.03 bits per heavy atom. The fourth-order valence-corrected chi connectivity index (χ4v) is 3.85. The summed E-state index contributed by atoms with van der Waals surface area (Å²) in [5.74, 6) is -0.0410. The van der Waals surface area contributed by atoms with Crippen LogP contribution >= 0.6 is 0 Å². The van der Waals surface area contributed by atoms with Crippen LogP contribution in [0.2, 0.25) is 0 Å². The van der Waals surface area contributed by atoms with Crippen LogP contribution in [0.4, 0.5) is 0 Å². The highest BCUT2D eigenvalue weighted by Crippen LogP contribution is 2.17. The summed E-state index contributed by atoms with van der Waals surface area (Å²) in [5.41, 5.74) is 4.10. The second-order valence-corrected chi connectivity index (χ2v) is 7.79. The monoisotopic (exact) mass is 388 g/mol. The number of piperidine rings is 1. The maximum absolute atomic E-state index is 12.6. The first kappa shape index (κ1) is 19.4. The molecule has 1 aromatic heterocycles. The van der Waals surface area contributed by atoms with Gasteiger partial charge in [-0.3, -0.25) is 9.69 Å². The molecule has 1 amide bonds. The van der Waals surface area contributed by atoms with E-state index in [9.17, 15) is 4.79 Å². The predicted molar refractivity (Wildman–Crippen MR) is 115 cm³/mol. The van der Waals surface area contributed by atoms with Crippen LogP contribution in [0.3, 0.4) is 0 Å². The molecule has 0 radical (unpaired) electrons. The standard InChI is InChI=1S/C24H28N4O/c1-19(21-9-11-23(12-10-21)28-16-13-25-18-28)26-24(29)22-7-5-20(6-8-22)17-27-14-3-2-4-15-27/h5-13,16,18-19H,2-4,14-15,17H2,1H3,(H,26,29)/t19-/m0/s1. The molecule has 1 aliphatic rings. The number of benzene rings is 2. The Labute approximate surface area is 172 Å². The molecule has 1 aliphatic heterocycles. The highest BCUT2D eigenvalue weighted by Gasteiger charge is 2.13. The van der Waals surface area contributed by atoms with Crippen molar-refractivity contribution >= 4 is 5.91 Å². The zero-order valence-corrected chi connectivity index (χ0v) is 16.9. The summed E-state index contributed by atoms with van der Waals surface area (Å²) in [5, 5.41) is 3.10. The summed E-state index contributed by atoms with van der Waals surface area (Å²) >= 11 is 0. The first-order chi connectivity index (χ1) is 14.2. The zero-order valence-electron chi connectivity index (χ0n) is 16.9. The lowest BCUT2D eigenvalue weighted by atomic mass is 10.1. The molecule has 4 rings (SSSR count). The average molecular weight is 389 g/mol. The molecule has 0 aliphatic carbocycles. The minimum atomic E-state index is -0.0626. The molecule has 29 heavy (non-hydrogen) atoms. The Morgan fingerprint density at radius 2 is 1.76 bits per heavy atom. The van der Waals surface area contributed by atoms with Crippen molar-refractivity contribution < 1.29 is 4.79 Å². The number of nitrogens with zero attached hydrogens (tertiary/aromatic N) is 3. The fourth-order valence-electron chi connectivity index (χ4n) is 3.85. The average Bonchev–Trinajstić information content (AvgIpc) is 3.30. The topological polar surface area (TPSA) is 50.2 Å². The van der Waals surface area contributed by atoms with Gasteiger partial charge in [-0.15, -0.1) is 0 Å². The van der Waals surface area contributed by atoms with Crippen molar-refractivity contribution in [1.29, 1.82) is 0 Å². The largest absolute Gasteiger partial charge is 0.346 e. The third-order valence-corrected chi connectivity index (χ3v) is 5.61. The van der Waals surface area contributed by atoms with Crippen molar-refractivity contribution in [3.8, 4) is 5.69 Å². The summed E-state index contributed by atoms with van der Waals surface area (Å²) in [7, 11) is 0. The maximum Gasteiger partial charge on any atom is 0.251 e. The van der Waals surface area contributed by atoms with Crippen molar-refractivity contribution in [3.05, 3.63) is 83.9 Å². The molecule has 2 aromatic carbocycles. The minimum absolute atomic E-state index is 0.0410. The third kappa shape index (κ3) is 4.93. The van der Waals surface area contributed by atoms with Crippen LogP contribution in [0.25, 0.3) is 5.69 Å². The lowest BCUT2D eigenvalue weighted by Gasteiger charge is -2.26. The van der Waals surface area contributed by atoms with E-state index in [0.717, 1.165) is 17.8 Å². The number of rotatable bonds is 6. The Bertz CT molecular complexity index is 911. The van der Waals surface area contributed by atoms with Gasteiger partial charge in [-0.1, -0.05) is 30.7 Å². The van der Waals surface area contributed by atoms with Crippen LogP contribution in [0.5, 0.6) is 0 Å². The van der Waals surface area contributed by atoms with E-state index in [2.05, 4.69) is 27.3 Å². The number of likely N-dealkylation sites (tertiary alicyclic amines) is 1. The van der Waals surface area contributed by atoms with Crippen LogP contribution < -0.4 is 5.32 Å². The normalized spacial score (nSPS) is 15.8. The molecule has 1 N–H and O–H groups in total. The van der Waals surface area contributed by atoms with Crippen LogP contribution in [-0.4, -0.2) is 33.4 Å². The lowest BCUT2D eigenvalue weighted by Crippen LogP contribution is -2.29. The number of imidazole rings is 1. The molecule has 0 spiro atoms. The molecule has 1 saturated heterocycles. The van der Waals surface area contributed by atoms with Gasteiger partial charge < -0.3 is 9.88 Å². The summed E-state index contributed by atoms with van der Waals surface area (Å²) in [4.78, 5) is 19.2. The number of amides is 1. The number of nitrogens with one attached hydrogen (secondary N) is 1. The van der Waals surface area contributed by atoms with Gasteiger partial charge in [0.2, 0.25) is 0 Å². The highest BCUT2D eigenvalue weighted by atomic mass is 16.1. The molecule has 0 unspecified atom stereocenters. The lowest BCUT2D eigenvalue weighted by molar-refractivity contribution is 0.0940. The molecule has 3 aromatic rings. The van der Waals surface area contributed by atoms with Gasteiger partial charge in [-0.05, 0) is 68.2 Å². The first-order valence-electron chi connectivity index (χ1n) is 10.4. The van der Waals surface area contributed by atoms with Gasteiger partial charge in [0.1, 0.15) is 0 Å². The van der Waals surface area contributed by atoms with E-state index >= 15 is 0 Å². The maximum atomic E-state index is 12.6. The third-order valence-electron chi connectivity index (χ3n) is 5.61. The number of carbonyl (C=O) groups excluding carboxylic acids is 1. The molecule has 5 nitrogen and oxygen atoms in total.